The second kappa shape index (κ2) is 30.6. The summed E-state index contributed by atoms with van der Waals surface area (Å²) >= 11 is 1.62. The highest BCUT2D eigenvalue weighted by Crippen LogP contribution is 2.50. The van der Waals surface area contributed by atoms with Gasteiger partial charge in [-0.1, -0.05) is 74.3 Å². The fraction of sp³-hybridized carbons (Fsp3) is 0.630. The SMILES string of the molecule is C#C.C=C/C(N)=C/C=Nc1cc(CC[C@@H]2CCCN2C)nc(/C(C)=C(\CCC)C(=N)C2CCCC3=C2C(C#N)C(N)S3)n1.CC.CC.CC.CNC1CCCC1. The van der Waals surface area contributed by atoms with Crippen LogP contribution >= 0.6 is 11.8 Å². The van der Waals surface area contributed by atoms with Crippen molar-refractivity contribution in [3.63, 3.8) is 0 Å². The number of hydrogen-bond donors (Lipinski definition) is 4. The number of aliphatic imine (C=N–C) groups is 1. The number of rotatable bonds is 12. The molecule has 2 fully saturated rings. The van der Waals surface area contributed by atoms with Gasteiger partial charge in [-0.05, 0) is 126 Å². The van der Waals surface area contributed by atoms with E-state index in [9.17, 15) is 10.7 Å². The largest absolute Gasteiger partial charge is 0.399 e. The van der Waals surface area contributed by atoms with Crippen LogP contribution in [0.3, 0.4) is 0 Å². The lowest BCUT2D eigenvalue weighted by Gasteiger charge is -2.28. The molecule has 1 aromatic heterocycles. The zero-order chi connectivity index (χ0) is 42.6. The maximum absolute atomic E-state index is 9.92. The van der Waals surface area contributed by atoms with Gasteiger partial charge >= 0.3 is 0 Å². The van der Waals surface area contributed by atoms with Crippen molar-refractivity contribution in [2.24, 2.45) is 28.3 Å². The third kappa shape index (κ3) is 16.1. The molecule has 6 N–H and O–H groups in total. The predicted molar refractivity (Wildman–Crippen MR) is 246 cm³/mol. The molecular weight excluding hydrogens is 711 g/mol. The number of aromatic nitrogens is 2. The number of thioether (sulfide) groups is 1. The van der Waals surface area contributed by atoms with Crippen LogP contribution in [-0.4, -0.2) is 64.9 Å². The van der Waals surface area contributed by atoms with Gasteiger partial charge in [0.15, 0.2) is 11.6 Å². The molecule has 0 aromatic carbocycles. The molecule has 0 radical (unpaired) electrons. The average Bonchev–Trinajstić information content (AvgIpc) is 4.01. The van der Waals surface area contributed by atoms with Crippen LogP contribution < -0.4 is 16.8 Å². The summed E-state index contributed by atoms with van der Waals surface area (Å²) in [5.41, 5.74) is 17.2. The van der Waals surface area contributed by atoms with Gasteiger partial charge in [0.25, 0.3) is 0 Å². The molecule has 2 aliphatic carbocycles. The number of nitriles is 1. The highest BCUT2D eigenvalue weighted by atomic mass is 32.2. The van der Waals surface area contributed by atoms with Gasteiger partial charge in [0.2, 0.25) is 0 Å². The number of nitrogens with one attached hydrogen (secondary N) is 2. The smallest absolute Gasteiger partial charge is 0.157 e. The Kier molecular flexibility index (Phi) is 28.6. The highest BCUT2D eigenvalue weighted by Gasteiger charge is 2.41. The summed E-state index contributed by atoms with van der Waals surface area (Å²) in [6.07, 6.45) is 27.4. The van der Waals surface area contributed by atoms with Crippen molar-refractivity contribution in [2.45, 2.75) is 156 Å². The zero-order valence-corrected chi connectivity index (χ0v) is 37.6. The predicted octanol–water partition coefficient (Wildman–Crippen LogP) is 10.5. The van der Waals surface area contributed by atoms with E-state index in [0.29, 0.717) is 29.1 Å². The Morgan fingerprint density at radius 1 is 1.11 bits per heavy atom. The Morgan fingerprint density at radius 3 is 2.30 bits per heavy atom. The number of nitrogens with two attached hydrogens (primary N) is 2. The van der Waals surface area contributed by atoms with Gasteiger partial charge in [-0.25, -0.2) is 15.0 Å². The van der Waals surface area contributed by atoms with E-state index in [1.165, 1.54) is 43.4 Å². The van der Waals surface area contributed by atoms with Crippen LogP contribution in [0.1, 0.15) is 144 Å². The molecule has 2 aliphatic heterocycles. The molecule has 5 rings (SSSR count). The number of likely N-dealkylation sites (tertiary alicyclic amines) is 1. The molecule has 1 saturated carbocycles. The van der Waals surface area contributed by atoms with Crippen molar-refractivity contribution in [3.05, 3.63) is 58.1 Å². The molecule has 312 valence electrons. The fourth-order valence-electron chi connectivity index (χ4n) is 7.44. The van der Waals surface area contributed by atoms with E-state index in [-0.39, 0.29) is 17.2 Å². The van der Waals surface area contributed by atoms with E-state index in [2.05, 4.69) is 61.7 Å². The third-order valence-corrected chi connectivity index (χ3v) is 11.5. The summed E-state index contributed by atoms with van der Waals surface area (Å²) in [5.74, 6) is 0.758. The molecule has 56 heavy (non-hydrogen) atoms. The van der Waals surface area contributed by atoms with Crippen molar-refractivity contribution in [1.29, 1.82) is 10.7 Å². The average molecular weight is 788 g/mol. The topological polar surface area (TPSA) is 153 Å². The summed E-state index contributed by atoms with van der Waals surface area (Å²) in [6, 6.07) is 5.80. The van der Waals surface area contributed by atoms with Crippen LogP contribution in [0, 0.1) is 41.4 Å². The Balaban J connectivity index is 0.00000173. The first-order valence-corrected chi connectivity index (χ1v) is 22.1. The lowest BCUT2D eigenvalue weighted by molar-refractivity contribution is 0.296. The minimum Gasteiger partial charge on any atom is -0.399 e. The second-order valence-electron chi connectivity index (χ2n) is 13.6. The van der Waals surface area contributed by atoms with Gasteiger partial charge in [0.1, 0.15) is 0 Å². The number of hydrogen-bond acceptors (Lipinski definition) is 10. The van der Waals surface area contributed by atoms with Crippen LogP contribution in [0.2, 0.25) is 0 Å². The molecule has 1 saturated heterocycles. The van der Waals surface area contributed by atoms with E-state index in [0.717, 1.165) is 79.9 Å². The van der Waals surface area contributed by atoms with Gasteiger partial charge in [-0.15, -0.1) is 24.6 Å². The molecule has 3 heterocycles. The first-order valence-electron chi connectivity index (χ1n) is 21.2. The molecule has 3 unspecified atom stereocenters. The summed E-state index contributed by atoms with van der Waals surface area (Å²) < 4.78 is 0. The molecule has 0 spiro atoms. The van der Waals surface area contributed by atoms with Gasteiger partial charge in [0, 0.05) is 47.4 Å². The third-order valence-electron chi connectivity index (χ3n) is 10.3. The van der Waals surface area contributed by atoms with Crippen LogP contribution in [0.15, 0.2) is 51.5 Å². The molecule has 4 aliphatic rings. The number of aryl methyl sites for hydroxylation is 1. The Labute approximate surface area is 347 Å². The van der Waals surface area contributed by atoms with Crippen molar-refractivity contribution in [2.75, 3.05) is 20.6 Å². The van der Waals surface area contributed by atoms with Crippen LogP contribution in [0.25, 0.3) is 5.57 Å². The van der Waals surface area contributed by atoms with E-state index >= 15 is 0 Å². The first-order chi connectivity index (χ1) is 27.2. The van der Waals surface area contributed by atoms with Crippen molar-refractivity contribution in [1.82, 2.24) is 20.2 Å². The lowest BCUT2D eigenvalue weighted by atomic mass is 9.75. The maximum Gasteiger partial charge on any atom is 0.157 e. The molecule has 0 amide bonds. The summed E-state index contributed by atoms with van der Waals surface area (Å²) in [6.45, 7) is 21.0. The second-order valence-corrected chi connectivity index (χ2v) is 14.8. The van der Waals surface area contributed by atoms with Crippen molar-refractivity contribution < 1.29 is 0 Å². The Morgan fingerprint density at radius 2 is 1.77 bits per heavy atom. The van der Waals surface area contributed by atoms with E-state index in [1.54, 1.807) is 30.1 Å². The molecule has 1 aromatic rings. The molecule has 0 bridgehead atoms. The minimum atomic E-state index is -0.339. The highest BCUT2D eigenvalue weighted by molar-refractivity contribution is 8.03. The summed E-state index contributed by atoms with van der Waals surface area (Å²) in [7, 11) is 4.25. The molecule has 9 nitrogen and oxygen atoms in total. The normalized spacial score (nSPS) is 22.2. The fourth-order valence-corrected chi connectivity index (χ4v) is 8.77. The molecule has 4 atom stereocenters. The molecule has 10 heteroatoms. The van der Waals surface area contributed by atoms with E-state index in [1.807, 2.05) is 54.5 Å². The van der Waals surface area contributed by atoms with Gasteiger partial charge in [-0.2, -0.15) is 5.26 Å². The quantitative estimate of drug-likeness (QED) is 0.0928. The first kappa shape index (κ1) is 52.5. The van der Waals surface area contributed by atoms with Gasteiger partial charge < -0.3 is 27.1 Å². The van der Waals surface area contributed by atoms with Crippen LogP contribution in [0.4, 0.5) is 5.82 Å². The molecular formula is C46H77N9S. The Hall–Kier alpha value is -3.54. The number of allylic oxidation sites excluding steroid dienone is 5. The van der Waals surface area contributed by atoms with E-state index < -0.39 is 0 Å². The summed E-state index contributed by atoms with van der Waals surface area (Å²) in [4.78, 5) is 18.1. The van der Waals surface area contributed by atoms with Crippen LogP contribution in [-0.2, 0) is 6.42 Å². The van der Waals surface area contributed by atoms with Crippen LogP contribution in [0.5, 0.6) is 0 Å². The maximum atomic E-state index is 9.92. The summed E-state index contributed by atoms with van der Waals surface area (Å²) in [5, 5.41) is 22.4. The van der Waals surface area contributed by atoms with Crippen molar-refractivity contribution >= 4 is 35.1 Å². The Bertz CT molecular complexity index is 1490. The minimum absolute atomic E-state index is 0.0912. The van der Waals surface area contributed by atoms with Crippen molar-refractivity contribution in [3.8, 4) is 18.9 Å². The van der Waals surface area contributed by atoms with Gasteiger partial charge in [0.05, 0.1) is 17.4 Å². The zero-order valence-electron chi connectivity index (χ0n) is 36.8. The number of nitrogens with zero attached hydrogens (tertiary/aromatic N) is 5. The standard InChI is InChI=1S/C32H44N8S.C6H13N.3C2H6.C2H2/c1-5-9-24(30(35)25-11-7-12-27-29(25)26(19-33)31(36)41-27)20(3)32-38-22(13-14-23-10-8-17-40(23)4)18-28(39-32)37-16-15-21(34)6-2;1-7-6-4-2-3-5-6;4*1-2/h6,15-16,18,23,25-26,31,35H,2,5,7-14,17,34,36H2,1,3-4H3;6-7H,2-5H2,1H3;3*1-2H3;1-2H/b21-15-,24-20+,35-30?,37-16?;;;;;/t23-,25?,26?,31?;;;;;/m0...../s1. The lowest BCUT2D eigenvalue weighted by Crippen LogP contribution is -2.29. The number of terminal acetylenes is 1. The van der Waals surface area contributed by atoms with E-state index in [4.69, 9.17) is 21.4 Å². The van der Waals surface area contributed by atoms with Gasteiger partial charge in [-0.3, -0.25) is 0 Å². The monoisotopic (exact) mass is 788 g/mol.